The van der Waals surface area contributed by atoms with Gasteiger partial charge in [-0.2, -0.15) is 0 Å². The Bertz CT molecular complexity index is 1090. The molecule has 0 spiro atoms. The van der Waals surface area contributed by atoms with Gasteiger partial charge in [0.1, 0.15) is 5.82 Å². The SMILES string of the molecule is Cc1ccc(NC(=S)Nc2nc(-c3ccccc3)nc3ccccc23)cc1. The van der Waals surface area contributed by atoms with Gasteiger partial charge < -0.3 is 10.6 Å². The van der Waals surface area contributed by atoms with E-state index in [0.717, 1.165) is 22.2 Å². The van der Waals surface area contributed by atoms with E-state index in [9.17, 15) is 0 Å². The quantitative estimate of drug-likeness (QED) is 0.472. The molecule has 0 amide bonds. The van der Waals surface area contributed by atoms with Crippen LogP contribution < -0.4 is 10.6 Å². The highest BCUT2D eigenvalue weighted by Crippen LogP contribution is 2.25. The molecule has 0 unspecified atom stereocenters. The molecule has 0 aliphatic carbocycles. The van der Waals surface area contributed by atoms with Crippen molar-refractivity contribution in [2.24, 2.45) is 0 Å². The molecule has 0 radical (unpaired) electrons. The standard InChI is InChI=1S/C22H18N4S/c1-15-11-13-17(14-12-15)23-22(27)26-21-18-9-5-6-10-19(18)24-20(25-21)16-7-3-2-4-8-16/h2-14H,1H3,(H2,23,24,25,26,27). The molecule has 1 aromatic heterocycles. The summed E-state index contributed by atoms with van der Waals surface area (Å²) in [6, 6.07) is 25.9. The fourth-order valence-corrected chi connectivity index (χ4v) is 3.01. The molecule has 3 aromatic carbocycles. The van der Waals surface area contributed by atoms with Gasteiger partial charge in [0, 0.05) is 16.6 Å². The molecule has 0 bridgehead atoms. The van der Waals surface area contributed by atoms with Crippen LogP contribution in [0.15, 0.2) is 78.9 Å². The van der Waals surface area contributed by atoms with E-state index in [0.29, 0.717) is 16.8 Å². The summed E-state index contributed by atoms with van der Waals surface area (Å²) in [6.07, 6.45) is 0. The van der Waals surface area contributed by atoms with Crippen LogP contribution in [0.2, 0.25) is 0 Å². The number of nitrogens with one attached hydrogen (secondary N) is 2. The molecule has 0 saturated carbocycles. The van der Waals surface area contributed by atoms with Crippen molar-refractivity contribution in [2.45, 2.75) is 6.92 Å². The highest BCUT2D eigenvalue weighted by molar-refractivity contribution is 7.80. The molecule has 27 heavy (non-hydrogen) atoms. The summed E-state index contributed by atoms with van der Waals surface area (Å²) in [4.78, 5) is 9.41. The lowest BCUT2D eigenvalue weighted by molar-refractivity contribution is 1.23. The van der Waals surface area contributed by atoms with Crippen molar-refractivity contribution in [1.82, 2.24) is 9.97 Å². The number of anilines is 2. The molecule has 1 heterocycles. The Labute approximate surface area is 163 Å². The Morgan fingerprint density at radius 2 is 1.48 bits per heavy atom. The first-order valence-corrected chi connectivity index (χ1v) is 9.07. The molecule has 0 aliphatic rings. The number of thiocarbonyl (C=S) groups is 1. The van der Waals surface area contributed by atoms with Crippen LogP contribution in [0, 0.1) is 6.92 Å². The lowest BCUT2D eigenvalue weighted by Gasteiger charge is -2.13. The molecule has 4 rings (SSSR count). The van der Waals surface area contributed by atoms with Crippen molar-refractivity contribution >= 4 is 39.7 Å². The number of aromatic nitrogens is 2. The van der Waals surface area contributed by atoms with Crippen LogP contribution in [0.5, 0.6) is 0 Å². The molecular weight excluding hydrogens is 352 g/mol. The second-order valence-electron chi connectivity index (χ2n) is 6.22. The summed E-state index contributed by atoms with van der Waals surface area (Å²) in [6.45, 7) is 2.05. The fraction of sp³-hybridized carbons (Fsp3) is 0.0455. The zero-order valence-corrected chi connectivity index (χ0v) is 15.6. The average Bonchev–Trinajstić information content (AvgIpc) is 2.70. The maximum atomic E-state index is 5.49. The van der Waals surface area contributed by atoms with Crippen LogP contribution in [0.1, 0.15) is 5.56 Å². The Morgan fingerprint density at radius 1 is 0.778 bits per heavy atom. The minimum atomic E-state index is 0.488. The normalized spacial score (nSPS) is 10.6. The van der Waals surface area contributed by atoms with Gasteiger partial charge in [0.15, 0.2) is 10.9 Å². The van der Waals surface area contributed by atoms with Gasteiger partial charge in [0.25, 0.3) is 0 Å². The number of nitrogens with zero attached hydrogens (tertiary/aromatic N) is 2. The molecule has 0 fully saturated rings. The number of para-hydroxylation sites is 1. The minimum absolute atomic E-state index is 0.488. The third-order valence-electron chi connectivity index (χ3n) is 4.18. The topological polar surface area (TPSA) is 49.8 Å². The molecule has 4 aromatic rings. The van der Waals surface area contributed by atoms with Crippen LogP contribution in [0.4, 0.5) is 11.5 Å². The van der Waals surface area contributed by atoms with E-state index < -0.39 is 0 Å². The van der Waals surface area contributed by atoms with E-state index in [1.165, 1.54) is 5.56 Å². The van der Waals surface area contributed by atoms with E-state index in [1.807, 2.05) is 78.9 Å². The molecule has 4 nitrogen and oxygen atoms in total. The average molecular weight is 370 g/mol. The zero-order valence-electron chi connectivity index (χ0n) is 14.8. The van der Waals surface area contributed by atoms with Crippen LogP contribution in [0.3, 0.4) is 0 Å². The highest BCUT2D eigenvalue weighted by Gasteiger charge is 2.10. The third-order valence-corrected chi connectivity index (χ3v) is 4.38. The Hall–Kier alpha value is -3.31. The van der Waals surface area contributed by atoms with Crippen molar-refractivity contribution in [1.29, 1.82) is 0 Å². The smallest absolute Gasteiger partial charge is 0.176 e. The van der Waals surface area contributed by atoms with Gasteiger partial charge >= 0.3 is 0 Å². The second-order valence-corrected chi connectivity index (χ2v) is 6.63. The van der Waals surface area contributed by atoms with Gasteiger partial charge in [-0.1, -0.05) is 60.2 Å². The predicted molar refractivity (Wildman–Crippen MR) is 116 cm³/mol. The van der Waals surface area contributed by atoms with Crippen LogP contribution >= 0.6 is 12.2 Å². The van der Waals surface area contributed by atoms with Crippen LogP contribution in [-0.2, 0) is 0 Å². The number of hydrogen-bond donors (Lipinski definition) is 2. The maximum Gasteiger partial charge on any atom is 0.176 e. The summed E-state index contributed by atoms with van der Waals surface area (Å²) in [7, 11) is 0. The van der Waals surface area contributed by atoms with Crippen molar-refractivity contribution in [3.8, 4) is 11.4 Å². The van der Waals surface area contributed by atoms with E-state index in [4.69, 9.17) is 22.2 Å². The van der Waals surface area contributed by atoms with Crippen LogP contribution in [-0.4, -0.2) is 15.1 Å². The number of aryl methyl sites for hydroxylation is 1. The zero-order chi connectivity index (χ0) is 18.6. The van der Waals surface area contributed by atoms with Crippen LogP contribution in [0.25, 0.3) is 22.3 Å². The van der Waals surface area contributed by atoms with Crippen molar-refractivity contribution in [2.75, 3.05) is 10.6 Å². The van der Waals surface area contributed by atoms with Gasteiger partial charge in [-0.05, 0) is 43.4 Å². The Kier molecular flexibility index (Phi) is 4.77. The van der Waals surface area contributed by atoms with Gasteiger partial charge in [0.2, 0.25) is 0 Å². The van der Waals surface area contributed by atoms with Crippen molar-refractivity contribution in [3.63, 3.8) is 0 Å². The molecular formula is C22H18N4S. The Balaban J connectivity index is 1.67. The number of rotatable bonds is 3. The molecule has 0 saturated heterocycles. The summed E-state index contributed by atoms with van der Waals surface area (Å²) in [5, 5.41) is 7.84. The highest BCUT2D eigenvalue weighted by atomic mass is 32.1. The molecule has 132 valence electrons. The van der Waals surface area contributed by atoms with E-state index >= 15 is 0 Å². The first-order valence-electron chi connectivity index (χ1n) is 8.66. The molecule has 0 atom stereocenters. The van der Waals surface area contributed by atoms with Gasteiger partial charge in [-0.3, -0.25) is 0 Å². The summed E-state index contributed by atoms with van der Waals surface area (Å²) in [5.41, 5.74) is 3.96. The second kappa shape index (κ2) is 7.51. The largest absolute Gasteiger partial charge is 0.332 e. The summed E-state index contributed by atoms with van der Waals surface area (Å²) < 4.78 is 0. The van der Waals surface area contributed by atoms with Crippen molar-refractivity contribution < 1.29 is 0 Å². The van der Waals surface area contributed by atoms with E-state index in [1.54, 1.807) is 0 Å². The monoisotopic (exact) mass is 370 g/mol. The fourth-order valence-electron chi connectivity index (χ4n) is 2.79. The lowest BCUT2D eigenvalue weighted by atomic mass is 10.2. The summed E-state index contributed by atoms with van der Waals surface area (Å²) >= 11 is 5.49. The lowest BCUT2D eigenvalue weighted by Crippen LogP contribution is -2.20. The van der Waals surface area contributed by atoms with Gasteiger partial charge in [-0.15, -0.1) is 0 Å². The molecule has 2 N–H and O–H groups in total. The van der Waals surface area contributed by atoms with E-state index in [2.05, 4.69) is 17.6 Å². The molecule has 5 heteroatoms. The first-order chi connectivity index (χ1) is 13.2. The predicted octanol–water partition coefficient (Wildman–Crippen LogP) is 5.41. The minimum Gasteiger partial charge on any atom is -0.332 e. The van der Waals surface area contributed by atoms with Gasteiger partial charge in [-0.25, -0.2) is 9.97 Å². The number of benzene rings is 3. The number of fused-ring (bicyclic) bond motifs is 1. The molecule has 0 aliphatic heterocycles. The van der Waals surface area contributed by atoms with E-state index in [-0.39, 0.29) is 0 Å². The third kappa shape index (κ3) is 3.93. The maximum absolute atomic E-state index is 5.49. The number of hydrogen-bond acceptors (Lipinski definition) is 3. The van der Waals surface area contributed by atoms with Gasteiger partial charge in [0.05, 0.1) is 5.52 Å². The van der Waals surface area contributed by atoms with Crippen molar-refractivity contribution in [3.05, 3.63) is 84.4 Å². The Morgan fingerprint density at radius 3 is 2.26 bits per heavy atom. The first kappa shape index (κ1) is 17.1. The summed E-state index contributed by atoms with van der Waals surface area (Å²) in [5.74, 6) is 1.35.